The number of nitrogens with two attached hydrogens (primary N) is 1. The number of nitrogens with one attached hydrogen (secondary N) is 1. The lowest BCUT2D eigenvalue weighted by atomic mass is 9.81. The first-order chi connectivity index (χ1) is 9.61. The second-order valence-electron chi connectivity index (χ2n) is 6.37. The van der Waals surface area contributed by atoms with Gasteiger partial charge in [-0.3, -0.25) is 4.79 Å². The first-order valence-corrected chi connectivity index (χ1v) is 9.40. The molecule has 1 fully saturated rings. The highest BCUT2D eigenvalue weighted by Gasteiger charge is 2.39. The van der Waals surface area contributed by atoms with Crippen molar-refractivity contribution in [2.75, 3.05) is 0 Å². The number of thiophene rings is 1. The fourth-order valence-corrected chi connectivity index (χ4v) is 4.67. The van der Waals surface area contributed by atoms with Crippen LogP contribution in [0.25, 0.3) is 0 Å². The Balaban J connectivity index is 2.06. The maximum Gasteiger partial charge on any atom is 0.247 e. The molecular weight excluding hydrogens is 308 g/mol. The van der Waals surface area contributed by atoms with E-state index in [1.54, 1.807) is 6.07 Å². The highest BCUT2D eigenvalue weighted by atomic mass is 32.2. The van der Waals surface area contributed by atoms with Gasteiger partial charge in [0.25, 0.3) is 0 Å². The monoisotopic (exact) mass is 330 g/mol. The Hall–Kier alpha value is -0.920. The van der Waals surface area contributed by atoms with Crippen molar-refractivity contribution in [1.82, 2.24) is 5.32 Å². The average Bonchev–Trinajstić information content (AvgIpc) is 2.93. The second kappa shape index (κ2) is 5.70. The Bertz CT molecular complexity index is 634. The molecule has 1 aliphatic rings. The van der Waals surface area contributed by atoms with Gasteiger partial charge in [0, 0.05) is 10.8 Å². The van der Waals surface area contributed by atoms with Crippen molar-refractivity contribution in [1.29, 1.82) is 0 Å². The third-order valence-corrected chi connectivity index (χ3v) is 6.95. The molecule has 1 aliphatic carbocycles. The third kappa shape index (κ3) is 3.64. The van der Waals surface area contributed by atoms with E-state index in [1.807, 2.05) is 6.92 Å². The van der Waals surface area contributed by atoms with Crippen LogP contribution in [-0.2, 0) is 14.8 Å². The zero-order valence-corrected chi connectivity index (χ0v) is 14.2. The van der Waals surface area contributed by atoms with Crippen LogP contribution in [0.1, 0.15) is 51.0 Å². The van der Waals surface area contributed by atoms with Crippen LogP contribution in [0.2, 0.25) is 0 Å². The van der Waals surface area contributed by atoms with Gasteiger partial charge in [-0.05, 0) is 37.3 Å². The predicted octanol–water partition coefficient (Wildman–Crippen LogP) is 2.40. The first-order valence-electron chi connectivity index (χ1n) is 7.04. The van der Waals surface area contributed by atoms with Crippen molar-refractivity contribution in [2.24, 2.45) is 16.5 Å². The molecule has 0 aliphatic heterocycles. The van der Waals surface area contributed by atoms with E-state index in [9.17, 15) is 13.2 Å². The molecule has 118 valence electrons. The van der Waals surface area contributed by atoms with Crippen molar-refractivity contribution in [2.45, 2.75) is 50.3 Å². The van der Waals surface area contributed by atoms with E-state index in [0.717, 1.165) is 35.5 Å². The SMILES string of the molecule is CC(NC(=O)C1CCCC1(C)C)c1ccc(S(N)(=O)=O)s1. The molecule has 1 aromatic rings. The van der Waals surface area contributed by atoms with Gasteiger partial charge in [-0.2, -0.15) is 0 Å². The molecule has 3 N–H and O–H groups in total. The van der Waals surface area contributed by atoms with Crippen LogP contribution in [0.5, 0.6) is 0 Å². The zero-order chi connectivity index (χ0) is 15.8. The van der Waals surface area contributed by atoms with Gasteiger partial charge in [0.05, 0.1) is 6.04 Å². The minimum atomic E-state index is -3.67. The Morgan fingerprint density at radius 2 is 2.14 bits per heavy atom. The summed E-state index contributed by atoms with van der Waals surface area (Å²) >= 11 is 1.10. The maximum absolute atomic E-state index is 12.4. The lowest BCUT2D eigenvalue weighted by Crippen LogP contribution is -2.37. The Morgan fingerprint density at radius 3 is 2.62 bits per heavy atom. The van der Waals surface area contributed by atoms with Gasteiger partial charge in [0.15, 0.2) is 0 Å². The van der Waals surface area contributed by atoms with Crippen LogP contribution in [0.4, 0.5) is 0 Å². The highest BCUT2D eigenvalue weighted by molar-refractivity contribution is 7.91. The van der Waals surface area contributed by atoms with Gasteiger partial charge >= 0.3 is 0 Å². The molecule has 2 rings (SSSR count). The second-order valence-corrected chi connectivity index (χ2v) is 9.27. The summed E-state index contributed by atoms with van der Waals surface area (Å²) in [6.07, 6.45) is 3.06. The lowest BCUT2D eigenvalue weighted by Gasteiger charge is -2.27. The number of amides is 1. The predicted molar refractivity (Wildman–Crippen MR) is 83.4 cm³/mol. The summed E-state index contributed by atoms with van der Waals surface area (Å²) in [5.41, 5.74) is 0.0327. The van der Waals surface area contributed by atoms with Crippen LogP contribution in [0.3, 0.4) is 0 Å². The molecule has 5 nitrogen and oxygen atoms in total. The average molecular weight is 330 g/mol. The number of sulfonamides is 1. The van der Waals surface area contributed by atoms with Crippen molar-refractivity contribution in [3.8, 4) is 0 Å². The molecule has 0 spiro atoms. The molecule has 0 aromatic carbocycles. The van der Waals surface area contributed by atoms with Crippen molar-refractivity contribution in [3.05, 3.63) is 17.0 Å². The Labute approximate surface area is 130 Å². The molecule has 1 saturated carbocycles. The van der Waals surface area contributed by atoms with Crippen LogP contribution < -0.4 is 10.5 Å². The lowest BCUT2D eigenvalue weighted by molar-refractivity contribution is -0.128. The summed E-state index contributed by atoms with van der Waals surface area (Å²) in [6.45, 7) is 6.11. The third-order valence-electron chi connectivity index (χ3n) is 4.24. The number of hydrogen-bond donors (Lipinski definition) is 2. The molecule has 2 atom stereocenters. The molecular formula is C14H22N2O3S2. The minimum absolute atomic E-state index is 0.0256. The van der Waals surface area contributed by atoms with Crippen LogP contribution in [0.15, 0.2) is 16.3 Å². The topological polar surface area (TPSA) is 89.3 Å². The number of hydrogen-bond acceptors (Lipinski definition) is 4. The van der Waals surface area contributed by atoms with Gasteiger partial charge < -0.3 is 5.32 Å². The van der Waals surface area contributed by atoms with Crippen LogP contribution in [0, 0.1) is 11.3 Å². The van der Waals surface area contributed by atoms with E-state index in [2.05, 4.69) is 19.2 Å². The standard InChI is InChI=1S/C14H22N2O3S2/c1-9(11-6-7-12(20-11)21(15,18)19)16-13(17)10-5-4-8-14(10,2)3/h6-7,9-10H,4-5,8H2,1-3H3,(H,16,17)(H2,15,18,19). The van der Waals surface area contributed by atoms with Gasteiger partial charge in [-0.15, -0.1) is 11.3 Å². The number of carbonyl (C=O) groups excluding carboxylic acids is 1. The summed E-state index contributed by atoms with van der Waals surface area (Å²) in [5.74, 6) is 0.0770. The molecule has 7 heteroatoms. The fraction of sp³-hybridized carbons (Fsp3) is 0.643. The zero-order valence-electron chi connectivity index (χ0n) is 12.5. The van der Waals surface area contributed by atoms with Gasteiger partial charge in [-0.25, -0.2) is 13.6 Å². The first kappa shape index (κ1) is 16.5. The van der Waals surface area contributed by atoms with E-state index in [4.69, 9.17) is 5.14 Å². The van der Waals surface area contributed by atoms with Gasteiger partial charge in [-0.1, -0.05) is 20.3 Å². The summed E-state index contributed by atoms with van der Waals surface area (Å²) in [6, 6.07) is 2.97. The van der Waals surface area contributed by atoms with E-state index in [1.165, 1.54) is 6.07 Å². The quantitative estimate of drug-likeness (QED) is 0.888. The maximum atomic E-state index is 12.4. The van der Waals surface area contributed by atoms with Crippen molar-refractivity contribution >= 4 is 27.3 Å². The number of primary sulfonamides is 1. The number of rotatable bonds is 4. The number of carbonyl (C=O) groups is 1. The van der Waals surface area contributed by atoms with Crippen LogP contribution >= 0.6 is 11.3 Å². The Morgan fingerprint density at radius 1 is 1.48 bits per heavy atom. The fourth-order valence-electron chi connectivity index (χ4n) is 2.92. The molecule has 1 aromatic heterocycles. The molecule has 21 heavy (non-hydrogen) atoms. The van der Waals surface area contributed by atoms with Gasteiger partial charge in [0.1, 0.15) is 4.21 Å². The van der Waals surface area contributed by atoms with Crippen molar-refractivity contribution in [3.63, 3.8) is 0 Å². The van der Waals surface area contributed by atoms with Crippen LogP contribution in [-0.4, -0.2) is 14.3 Å². The summed E-state index contributed by atoms with van der Waals surface area (Å²) in [4.78, 5) is 13.2. The smallest absolute Gasteiger partial charge is 0.247 e. The highest BCUT2D eigenvalue weighted by Crippen LogP contribution is 2.42. The summed E-state index contributed by atoms with van der Waals surface area (Å²) in [7, 11) is -3.67. The molecule has 2 unspecified atom stereocenters. The van der Waals surface area contributed by atoms with E-state index in [-0.39, 0.29) is 27.5 Å². The largest absolute Gasteiger partial charge is 0.349 e. The minimum Gasteiger partial charge on any atom is -0.349 e. The summed E-state index contributed by atoms with van der Waals surface area (Å²) < 4.78 is 22.7. The Kier molecular flexibility index (Phi) is 4.46. The summed E-state index contributed by atoms with van der Waals surface area (Å²) in [5, 5.41) is 8.10. The molecule has 0 saturated heterocycles. The van der Waals surface area contributed by atoms with Gasteiger partial charge in [0.2, 0.25) is 15.9 Å². The van der Waals surface area contributed by atoms with E-state index >= 15 is 0 Å². The normalized spacial score (nSPS) is 23.0. The van der Waals surface area contributed by atoms with E-state index < -0.39 is 10.0 Å². The van der Waals surface area contributed by atoms with E-state index in [0.29, 0.717) is 0 Å². The molecule has 1 amide bonds. The van der Waals surface area contributed by atoms with Crippen molar-refractivity contribution < 1.29 is 13.2 Å². The molecule has 0 radical (unpaired) electrons. The molecule has 0 bridgehead atoms. The molecule has 1 heterocycles.